The van der Waals surface area contributed by atoms with E-state index in [1.54, 1.807) is 17.5 Å². The molecule has 37 heavy (non-hydrogen) atoms. The molecule has 4 rings (SSSR count). The molecular formula is C29H42N2O5S. The van der Waals surface area contributed by atoms with E-state index in [2.05, 4.69) is 11.8 Å². The summed E-state index contributed by atoms with van der Waals surface area (Å²) in [6.07, 6.45) is 5.76. The highest BCUT2D eigenvalue weighted by Gasteiger charge is 2.38. The van der Waals surface area contributed by atoms with Gasteiger partial charge < -0.3 is 19.1 Å². The summed E-state index contributed by atoms with van der Waals surface area (Å²) in [7, 11) is -2.00. The second kappa shape index (κ2) is 13.1. The predicted octanol–water partition coefficient (Wildman–Crippen LogP) is 5.24. The number of hydrogen-bond acceptors (Lipinski definition) is 6. The molecule has 2 aliphatic heterocycles. The van der Waals surface area contributed by atoms with Crippen molar-refractivity contribution in [3.63, 3.8) is 0 Å². The summed E-state index contributed by atoms with van der Waals surface area (Å²) in [6.45, 7) is 6.77. The lowest BCUT2D eigenvalue weighted by Crippen LogP contribution is -2.44. The van der Waals surface area contributed by atoms with E-state index in [1.807, 2.05) is 49.4 Å². The molecule has 3 atom stereocenters. The molecule has 0 N–H and O–H groups in total. The quantitative estimate of drug-likeness (QED) is 0.350. The van der Waals surface area contributed by atoms with Gasteiger partial charge in [-0.2, -0.15) is 4.31 Å². The van der Waals surface area contributed by atoms with Gasteiger partial charge in [0.2, 0.25) is 10.0 Å². The van der Waals surface area contributed by atoms with Crippen LogP contribution in [0.15, 0.2) is 53.4 Å². The third-order valence-electron chi connectivity index (χ3n) is 7.39. The lowest BCUT2D eigenvalue weighted by atomic mass is 10.1. The molecule has 7 nitrogen and oxygen atoms in total. The molecule has 0 spiro atoms. The third-order valence-corrected chi connectivity index (χ3v) is 9.41. The lowest BCUT2D eigenvalue weighted by molar-refractivity contribution is 0.0310. The molecule has 2 aliphatic rings. The summed E-state index contributed by atoms with van der Waals surface area (Å²) in [4.78, 5) is 2.54. The maximum Gasteiger partial charge on any atom is 0.247 e. The number of fused-ring (bicyclic) bond motifs is 1. The summed E-state index contributed by atoms with van der Waals surface area (Å²) in [5.41, 5.74) is 2.05. The van der Waals surface area contributed by atoms with Crippen molar-refractivity contribution in [2.75, 3.05) is 38.3 Å². The van der Waals surface area contributed by atoms with Crippen molar-refractivity contribution >= 4 is 15.7 Å². The van der Waals surface area contributed by atoms with Crippen LogP contribution in [-0.2, 0) is 26.1 Å². The summed E-state index contributed by atoms with van der Waals surface area (Å²) >= 11 is 0. The van der Waals surface area contributed by atoms with E-state index in [1.165, 1.54) is 0 Å². The van der Waals surface area contributed by atoms with Crippen molar-refractivity contribution in [1.29, 1.82) is 0 Å². The molecule has 0 aromatic heterocycles. The second-order valence-corrected chi connectivity index (χ2v) is 12.1. The average molecular weight is 531 g/mol. The van der Waals surface area contributed by atoms with Gasteiger partial charge in [-0.05, 0) is 43.9 Å². The van der Waals surface area contributed by atoms with Gasteiger partial charge in [0.05, 0.1) is 32.4 Å². The smallest absolute Gasteiger partial charge is 0.247 e. The number of unbranched alkanes of at least 4 members (excludes halogenated alkanes) is 2. The number of benzene rings is 2. The fourth-order valence-electron chi connectivity index (χ4n) is 5.38. The van der Waals surface area contributed by atoms with E-state index in [9.17, 15) is 8.42 Å². The first-order chi connectivity index (χ1) is 17.9. The largest absolute Gasteiger partial charge is 0.485 e. The van der Waals surface area contributed by atoms with E-state index in [4.69, 9.17) is 14.2 Å². The van der Waals surface area contributed by atoms with Gasteiger partial charge in [-0.3, -0.25) is 0 Å². The minimum Gasteiger partial charge on any atom is -0.485 e. The summed E-state index contributed by atoms with van der Waals surface area (Å²) in [5.74, 6) is 0.414. The Morgan fingerprint density at radius 3 is 2.68 bits per heavy atom. The van der Waals surface area contributed by atoms with Crippen LogP contribution in [-0.4, -0.2) is 64.3 Å². The molecule has 0 unspecified atom stereocenters. The van der Waals surface area contributed by atoms with Crippen LogP contribution < -0.4 is 9.64 Å². The Hall–Kier alpha value is -2.13. The summed E-state index contributed by atoms with van der Waals surface area (Å²) in [6, 6.07) is 15.7. The Morgan fingerprint density at radius 1 is 1.11 bits per heavy atom. The summed E-state index contributed by atoms with van der Waals surface area (Å²) < 4.78 is 47.3. The first-order valence-electron chi connectivity index (χ1n) is 13.6. The minimum atomic E-state index is -3.72. The highest BCUT2D eigenvalue weighted by atomic mass is 32.2. The standard InChI is InChI=1S/C29H42N2O5S/c1-4-5-7-11-23(2)31-19-27(22-35-20-24-12-8-6-9-13-24)36-28-18-25(15-16-29(28)37(31,32)33)30-17-10-14-26(30)21-34-3/h6,8-9,12-13,15-16,18,23,26-27H,4-5,7,10-11,14,17,19-22H2,1-3H3/t23-,26+,27-/m0/s1. The van der Waals surface area contributed by atoms with E-state index in [0.29, 0.717) is 25.6 Å². The summed E-state index contributed by atoms with van der Waals surface area (Å²) in [5, 5.41) is 0. The topological polar surface area (TPSA) is 68.3 Å². The Labute approximate surface area is 222 Å². The van der Waals surface area contributed by atoms with E-state index < -0.39 is 16.1 Å². The van der Waals surface area contributed by atoms with Crippen LogP contribution in [0.1, 0.15) is 57.9 Å². The molecule has 0 amide bonds. The van der Waals surface area contributed by atoms with E-state index >= 15 is 0 Å². The third kappa shape index (κ3) is 6.85. The molecule has 8 heteroatoms. The number of rotatable bonds is 12. The van der Waals surface area contributed by atoms with E-state index in [-0.39, 0.29) is 23.5 Å². The Kier molecular flexibility index (Phi) is 9.87. The molecular weight excluding hydrogens is 488 g/mol. The monoisotopic (exact) mass is 530 g/mol. The van der Waals surface area contributed by atoms with Crippen LogP contribution in [0.25, 0.3) is 0 Å². The number of sulfonamides is 1. The van der Waals surface area contributed by atoms with Gasteiger partial charge >= 0.3 is 0 Å². The molecule has 2 heterocycles. The van der Waals surface area contributed by atoms with Crippen molar-refractivity contribution in [3.8, 4) is 5.75 Å². The van der Waals surface area contributed by atoms with Gasteiger partial charge in [0.15, 0.2) is 0 Å². The zero-order valence-corrected chi connectivity index (χ0v) is 23.3. The normalized spacial score (nSPS) is 22.3. The zero-order chi connectivity index (χ0) is 26.3. The van der Waals surface area contributed by atoms with Crippen molar-refractivity contribution in [3.05, 3.63) is 54.1 Å². The van der Waals surface area contributed by atoms with Gasteiger partial charge in [-0.1, -0.05) is 56.5 Å². The predicted molar refractivity (Wildman–Crippen MR) is 147 cm³/mol. The maximum atomic E-state index is 13.9. The molecule has 0 saturated carbocycles. The first kappa shape index (κ1) is 27.9. The van der Waals surface area contributed by atoms with Crippen LogP contribution >= 0.6 is 0 Å². The lowest BCUT2D eigenvalue weighted by Gasteiger charge is -2.28. The van der Waals surface area contributed by atoms with Gasteiger partial charge in [-0.25, -0.2) is 8.42 Å². The SMILES string of the molecule is CCCCC[C@H](C)N1C[C@@H](COCc2ccccc2)Oc2cc(N3CCC[C@@H]3COC)ccc2S1(=O)=O. The van der Waals surface area contributed by atoms with Crippen molar-refractivity contribution in [1.82, 2.24) is 4.31 Å². The van der Waals surface area contributed by atoms with Crippen molar-refractivity contribution in [2.24, 2.45) is 0 Å². The van der Waals surface area contributed by atoms with Crippen LogP contribution in [0.4, 0.5) is 5.69 Å². The first-order valence-corrected chi connectivity index (χ1v) is 15.1. The molecule has 0 aliphatic carbocycles. The second-order valence-electron chi connectivity index (χ2n) is 10.2. The highest BCUT2D eigenvalue weighted by molar-refractivity contribution is 7.89. The molecule has 2 aromatic carbocycles. The zero-order valence-electron chi connectivity index (χ0n) is 22.5. The van der Waals surface area contributed by atoms with Gasteiger partial charge in [-0.15, -0.1) is 0 Å². The molecule has 0 radical (unpaired) electrons. The maximum absolute atomic E-state index is 13.9. The molecule has 204 valence electrons. The number of ether oxygens (including phenoxy) is 3. The molecule has 1 saturated heterocycles. The Balaban J connectivity index is 1.60. The number of anilines is 1. The highest BCUT2D eigenvalue weighted by Crippen LogP contribution is 2.37. The van der Waals surface area contributed by atoms with E-state index in [0.717, 1.165) is 56.3 Å². The molecule has 0 bridgehead atoms. The molecule has 1 fully saturated rings. The van der Waals surface area contributed by atoms with Crippen molar-refractivity contribution < 1.29 is 22.6 Å². The fraction of sp³-hybridized carbons (Fsp3) is 0.586. The van der Waals surface area contributed by atoms with Crippen LogP contribution in [0.5, 0.6) is 5.75 Å². The molecule has 2 aromatic rings. The number of hydrogen-bond donors (Lipinski definition) is 0. The van der Waals surface area contributed by atoms with Crippen molar-refractivity contribution in [2.45, 2.75) is 82.1 Å². The number of nitrogens with zero attached hydrogens (tertiary/aromatic N) is 2. The number of methoxy groups -OCH3 is 1. The Bertz CT molecular complexity index is 1090. The average Bonchev–Trinajstić information content (AvgIpc) is 3.32. The van der Waals surface area contributed by atoms with Crippen LogP contribution in [0.2, 0.25) is 0 Å². The van der Waals surface area contributed by atoms with Gasteiger partial charge in [0.1, 0.15) is 16.7 Å². The van der Waals surface area contributed by atoms with Crippen LogP contribution in [0, 0.1) is 0 Å². The van der Waals surface area contributed by atoms with Gasteiger partial charge in [0, 0.05) is 31.5 Å². The fourth-order valence-corrected chi connectivity index (χ4v) is 7.18. The van der Waals surface area contributed by atoms with Crippen LogP contribution in [0.3, 0.4) is 0 Å². The minimum absolute atomic E-state index is 0.118. The Morgan fingerprint density at radius 2 is 1.92 bits per heavy atom. The van der Waals surface area contributed by atoms with Gasteiger partial charge in [0.25, 0.3) is 0 Å².